The monoisotopic (exact) mass is 238 g/mol. The molecule has 0 aliphatic heterocycles. The summed E-state index contributed by atoms with van der Waals surface area (Å²) in [7, 11) is 0. The van der Waals surface area contributed by atoms with Crippen LogP contribution in [0, 0.1) is 11.8 Å². The number of carbonyl (C=O) groups is 1. The van der Waals surface area contributed by atoms with Gasteiger partial charge in [0.1, 0.15) is 6.10 Å². The fourth-order valence-electron chi connectivity index (χ4n) is 2.49. The van der Waals surface area contributed by atoms with E-state index < -0.39 is 0 Å². The number of hydrogen-bond acceptors (Lipinski definition) is 2. The Labute approximate surface area is 105 Å². The first-order chi connectivity index (χ1) is 8.11. The van der Waals surface area contributed by atoms with E-state index in [-0.39, 0.29) is 12.1 Å². The fourth-order valence-corrected chi connectivity index (χ4v) is 2.49. The Morgan fingerprint density at radius 1 is 1.35 bits per heavy atom. The molecule has 0 unspecified atom stereocenters. The molecule has 98 valence electrons. The number of ether oxygens (including phenoxy) is 1. The molecule has 1 aliphatic carbocycles. The molecule has 2 heteroatoms. The van der Waals surface area contributed by atoms with Crippen LogP contribution in [0.4, 0.5) is 0 Å². The van der Waals surface area contributed by atoms with Crippen LogP contribution >= 0.6 is 0 Å². The predicted octanol–water partition coefficient (Wildman–Crippen LogP) is 4.10. The molecule has 0 aromatic heterocycles. The Hall–Kier alpha value is -0.790. The number of hydrogen-bond donors (Lipinski definition) is 0. The van der Waals surface area contributed by atoms with Crippen LogP contribution in [0.1, 0.15) is 58.8 Å². The van der Waals surface area contributed by atoms with E-state index in [1.807, 2.05) is 13.8 Å². The van der Waals surface area contributed by atoms with Crippen LogP contribution in [-0.4, -0.2) is 12.1 Å². The van der Waals surface area contributed by atoms with Gasteiger partial charge in [0.2, 0.25) is 0 Å². The van der Waals surface area contributed by atoms with Gasteiger partial charge in [-0.05, 0) is 18.3 Å². The quantitative estimate of drug-likeness (QED) is 0.514. The highest BCUT2D eigenvalue weighted by molar-refractivity contribution is 5.69. The Morgan fingerprint density at radius 3 is 2.53 bits per heavy atom. The van der Waals surface area contributed by atoms with Crippen molar-refractivity contribution in [3.05, 3.63) is 12.7 Å². The van der Waals surface area contributed by atoms with Gasteiger partial charge in [-0.1, -0.05) is 58.6 Å². The van der Waals surface area contributed by atoms with Crippen molar-refractivity contribution < 1.29 is 9.53 Å². The van der Waals surface area contributed by atoms with Gasteiger partial charge in [-0.15, -0.1) is 0 Å². The number of esters is 1. The van der Waals surface area contributed by atoms with Gasteiger partial charge in [0, 0.05) is 6.42 Å². The second-order valence-corrected chi connectivity index (χ2v) is 5.60. The minimum Gasteiger partial charge on any atom is -0.458 e. The lowest BCUT2D eigenvalue weighted by molar-refractivity contribution is -0.148. The summed E-state index contributed by atoms with van der Waals surface area (Å²) in [6.07, 6.45) is 9.77. The van der Waals surface area contributed by atoms with Gasteiger partial charge in [-0.25, -0.2) is 0 Å². The first-order valence-electron chi connectivity index (χ1n) is 6.94. The summed E-state index contributed by atoms with van der Waals surface area (Å²) in [6.45, 7) is 7.85. The summed E-state index contributed by atoms with van der Waals surface area (Å²) in [4.78, 5) is 11.6. The molecule has 0 heterocycles. The lowest BCUT2D eigenvalue weighted by Crippen LogP contribution is -2.21. The normalized spacial score (nSPS) is 19.0. The third-order valence-corrected chi connectivity index (χ3v) is 3.41. The van der Waals surface area contributed by atoms with E-state index >= 15 is 0 Å². The van der Waals surface area contributed by atoms with E-state index in [4.69, 9.17) is 4.74 Å². The Bertz CT molecular complexity index is 239. The summed E-state index contributed by atoms with van der Waals surface area (Å²) >= 11 is 0. The highest BCUT2D eigenvalue weighted by Gasteiger charge is 2.20. The molecule has 0 amide bonds. The van der Waals surface area contributed by atoms with Crippen molar-refractivity contribution in [1.29, 1.82) is 0 Å². The predicted molar refractivity (Wildman–Crippen MR) is 70.7 cm³/mol. The fraction of sp³-hybridized carbons (Fsp3) is 0.800. The van der Waals surface area contributed by atoms with E-state index in [2.05, 4.69) is 6.58 Å². The van der Waals surface area contributed by atoms with Crippen molar-refractivity contribution in [2.45, 2.75) is 64.9 Å². The summed E-state index contributed by atoms with van der Waals surface area (Å²) in [5.74, 6) is 1.00. The van der Waals surface area contributed by atoms with Crippen LogP contribution in [0.5, 0.6) is 0 Å². The summed E-state index contributed by atoms with van der Waals surface area (Å²) in [5, 5.41) is 0. The lowest BCUT2D eigenvalue weighted by Gasteiger charge is -2.25. The molecule has 1 aliphatic rings. The zero-order valence-corrected chi connectivity index (χ0v) is 11.3. The molecule has 17 heavy (non-hydrogen) atoms. The SMILES string of the molecule is C=C[C@H](CC1CCCCC1)OC(=O)CC(C)C. The smallest absolute Gasteiger partial charge is 0.306 e. The average Bonchev–Trinajstić information content (AvgIpc) is 2.28. The lowest BCUT2D eigenvalue weighted by atomic mass is 9.85. The molecule has 2 nitrogen and oxygen atoms in total. The molecular weight excluding hydrogens is 212 g/mol. The van der Waals surface area contributed by atoms with Crippen molar-refractivity contribution in [3.63, 3.8) is 0 Å². The minimum atomic E-state index is -0.0827. The molecule has 1 atom stereocenters. The van der Waals surface area contributed by atoms with E-state index in [1.54, 1.807) is 6.08 Å². The molecular formula is C15H26O2. The molecule has 0 aromatic rings. The second kappa shape index (κ2) is 7.52. The van der Waals surface area contributed by atoms with Gasteiger partial charge in [0.15, 0.2) is 0 Å². The van der Waals surface area contributed by atoms with E-state index in [9.17, 15) is 4.79 Å². The molecule has 0 radical (unpaired) electrons. The summed E-state index contributed by atoms with van der Waals surface area (Å²) in [5.41, 5.74) is 0. The third kappa shape index (κ3) is 5.90. The van der Waals surface area contributed by atoms with Crippen molar-refractivity contribution >= 4 is 5.97 Å². The summed E-state index contributed by atoms with van der Waals surface area (Å²) in [6, 6.07) is 0. The largest absolute Gasteiger partial charge is 0.458 e. The van der Waals surface area contributed by atoms with Crippen molar-refractivity contribution in [2.75, 3.05) is 0 Å². The Kier molecular flexibility index (Phi) is 6.31. The zero-order valence-electron chi connectivity index (χ0n) is 11.3. The van der Waals surface area contributed by atoms with Crippen molar-refractivity contribution in [3.8, 4) is 0 Å². The van der Waals surface area contributed by atoms with Crippen LogP contribution in [0.3, 0.4) is 0 Å². The van der Waals surface area contributed by atoms with Gasteiger partial charge in [-0.2, -0.15) is 0 Å². The second-order valence-electron chi connectivity index (χ2n) is 5.60. The highest BCUT2D eigenvalue weighted by atomic mass is 16.5. The zero-order chi connectivity index (χ0) is 12.7. The molecule has 0 spiro atoms. The average molecular weight is 238 g/mol. The summed E-state index contributed by atoms with van der Waals surface area (Å²) < 4.78 is 5.46. The molecule has 1 saturated carbocycles. The third-order valence-electron chi connectivity index (χ3n) is 3.41. The van der Waals surface area contributed by atoms with E-state index in [0.29, 0.717) is 12.3 Å². The Balaban J connectivity index is 2.31. The standard InChI is InChI=1S/C15H26O2/c1-4-14(17-15(16)10-12(2)3)11-13-8-6-5-7-9-13/h4,12-14H,1,5-11H2,2-3H3/t14-/m1/s1. The minimum absolute atomic E-state index is 0.0793. The highest BCUT2D eigenvalue weighted by Crippen LogP contribution is 2.28. The molecule has 0 bridgehead atoms. The van der Waals surface area contributed by atoms with Crippen LogP contribution in [0.2, 0.25) is 0 Å². The van der Waals surface area contributed by atoms with Gasteiger partial charge < -0.3 is 4.74 Å². The van der Waals surface area contributed by atoms with E-state index in [1.165, 1.54) is 32.1 Å². The number of carbonyl (C=O) groups excluding carboxylic acids is 1. The maximum atomic E-state index is 11.6. The van der Waals surface area contributed by atoms with Gasteiger partial charge >= 0.3 is 5.97 Å². The number of rotatable bonds is 6. The first kappa shape index (κ1) is 14.3. The van der Waals surface area contributed by atoms with Crippen LogP contribution < -0.4 is 0 Å². The molecule has 0 aromatic carbocycles. The Morgan fingerprint density at radius 2 is 2.00 bits per heavy atom. The van der Waals surface area contributed by atoms with Gasteiger partial charge in [-0.3, -0.25) is 4.79 Å². The molecule has 0 saturated heterocycles. The van der Waals surface area contributed by atoms with Crippen LogP contribution in [0.15, 0.2) is 12.7 Å². The first-order valence-corrected chi connectivity index (χ1v) is 6.94. The topological polar surface area (TPSA) is 26.3 Å². The van der Waals surface area contributed by atoms with Crippen molar-refractivity contribution in [1.82, 2.24) is 0 Å². The maximum absolute atomic E-state index is 11.6. The van der Waals surface area contributed by atoms with Gasteiger partial charge in [0.25, 0.3) is 0 Å². The van der Waals surface area contributed by atoms with Crippen LogP contribution in [-0.2, 0) is 9.53 Å². The van der Waals surface area contributed by atoms with Crippen LogP contribution in [0.25, 0.3) is 0 Å². The molecule has 1 rings (SSSR count). The maximum Gasteiger partial charge on any atom is 0.306 e. The molecule has 1 fully saturated rings. The molecule has 0 N–H and O–H groups in total. The van der Waals surface area contributed by atoms with Gasteiger partial charge in [0.05, 0.1) is 0 Å². The van der Waals surface area contributed by atoms with Crippen molar-refractivity contribution in [2.24, 2.45) is 11.8 Å². The van der Waals surface area contributed by atoms with E-state index in [0.717, 1.165) is 12.3 Å².